The Morgan fingerprint density at radius 1 is 0.963 bits per heavy atom. The molecule has 2 aromatic rings. The molecule has 142 valence electrons. The summed E-state index contributed by atoms with van der Waals surface area (Å²) in [5.41, 5.74) is 4.81. The second-order valence-corrected chi connectivity index (χ2v) is 7.24. The van der Waals surface area contributed by atoms with Gasteiger partial charge in [0, 0.05) is 25.3 Å². The first kappa shape index (κ1) is 17.9. The number of hydrogen-bond donors (Lipinski definition) is 0. The fourth-order valence-corrected chi connectivity index (χ4v) is 4.18. The smallest absolute Gasteiger partial charge is 0.244 e. The van der Waals surface area contributed by atoms with E-state index >= 15 is 0 Å². The molecule has 0 saturated carbocycles. The second-order valence-electron chi connectivity index (χ2n) is 7.24. The molecule has 0 radical (unpaired) electrons. The third kappa shape index (κ3) is 3.16. The molecule has 2 heterocycles. The number of methoxy groups -OCH3 is 2. The number of fused-ring (bicyclic) bond motifs is 2. The third-order valence-electron chi connectivity index (χ3n) is 5.81. The lowest BCUT2D eigenvalue weighted by atomic mass is 9.97. The molecule has 0 saturated heterocycles. The van der Waals surface area contributed by atoms with Crippen LogP contribution in [0.4, 0.5) is 5.69 Å². The van der Waals surface area contributed by atoms with Gasteiger partial charge in [0.25, 0.3) is 0 Å². The summed E-state index contributed by atoms with van der Waals surface area (Å²) in [7, 11) is 3.32. The Hall–Kier alpha value is -2.53. The predicted molar refractivity (Wildman–Crippen MR) is 106 cm³/mol. The molecule has 2 aliphatic rings. The standard InChI is InChI=1S/C22H26N2O3/c1-15(22(25)24-11-9-16-6-4-5-7-19(16)24)23-10-8-17-12-20(26-2)21(27-3)13-18(17)14-23/h4-7,12-13,15H,8-11,14H2,1-3H3/t15-/m0/s1. The van der Waals surface area contributed by atoms with Crippen molar-refractivity contribution < 1.29 is 14.3 Å². The van der Waals surface area contributed by atoms with Crippen LogP contribution in [-0.4, -0.2) is 44.2 Å². The summed E-state index contributed by atoms with van der Waals surface area (Å²) >= 11 is 0. The highest BCUT2D eigenvalue weighted by Crippen LogP contribution is 2.34. The maximum Gasteiger partial charge on any atom is 0.244 e. The first-order valence-corrected chi connectivity index (χ1v) is 9.49. The van der Waals surface area contributed by atoms with Gasteiger partial charge in [-0.1, -0.05) is 18.2 Å². The van der Waals surface area contributed by atoms with Gasteiger partial charge in [0.05, 0.1) is 20.3 Å². The van der Waals surface area contributed by atoms with Gasteiger partial charge < -0.3 is 14.4 Å². The minimum atomic E-state index is -0.155. The Morgan fingerprint density at radius 3 is 2.37 bits per heavy atom. The third-order valence-corrected chi connectivity index (χ3v) is 5.81. The molecular weight excluding hydrogens is 340 g/mol. The molecule has 0 fully saturated rings. The molecule has 5 heteroatoms. The van der Waals surface area contributed by atoms with Crippen molar-refractivity contribution in [3.8, 4) is 11.5 Å². The number of carbonyl (C=O) groups excluding carboxylic acids is 1. The number of rotatable bonds is 4. The summed E-state index contributed by atoms with van der Waals surface area (Å²) in [6.45, 7) is 4.41. The monoisotopic (exact) mass is 366 g/mol. The number of anilines is 1. The number of carbonyl (C=O) groups is 1. The molecule has 0 spiro atoms. The summed E-state index contributed by atoms with van der Waals surface area (Å²) in [5, 5.41) is 0. The summed E-state index contributed by atoms with van der Waals surface area (Å²) in [5.74, 6) is 1.69. The van der Waals surface area contributed by atoms with Crippen LogP contribution in [0, 0.1) is 0 Å². The molecule has 1 atom stereocenters. The lowest BCUT2D eigenvalue weighted by Gasteiger charge is -2.35. The molecule has 0 unspecified atom stereocenters. The zero-order chi connectivity index (χ0) is 19.0. The molecular formula is C22H26N2O3. The maximum atomic E-state index is 13.2. The molecule has 0 N–H and O–H groups in total. The van der Waals surface area contributed by atoms with Crippen molar-refractivity contribution in [1.29, 1.82) is 0 Å². The Bertz CT molecular complexity index is 865. The van der Waals surface area contributed by atoms with Gasteiger partial charge in [0.15, 0.2) is 11.5 Å². The van der Waals surface area contributed by atoms with Gasteiger partial charge >= 0.3 is 0 Å². The van der Waals surface area contributed by atoms with Crippen LogP contribution in [0.2, 0.25) is 0 Å². The van der Waals surface area contributed by atoms with Crippen LogP contribution in [0.25, 0.3) is 0 Å². The summed E-state index contributed by atoms with van der Waals surface area (Å²) in [4.78, 5) is 17.4. The molecule has 0 aliphatic carbocycles. The zero-order valence-corrected chi connectivity index (χ0v) is 16.2. The largest absolute Gasteiger partial charge is 0.493 e. The molecule has 4 rings (SSSR count). The molecule has 2 aromatic carbocycles. The normalized spacial score (nSPS) is 17.2. The topological polar surface area (TPSA) is 42.0 Å². The van der Waals surface area contributed by atoms with Crippen LogP contribution in [0.15, 0.2) is 36.4 Å². The van der Waals surface area contributed by atoms with Crippen LogP contribution >= 0.6 is 0 Å². The number of benzene rings is 2. The van der Waals surface area contributed by atoms with Crippen molar-refractivity contribution in [2.75, 3.05) is 32.2 Å². The summed E-state index contributed by atoms with van der Waals surface area (Å²) in [6.07, 6.45) is 1.85. The minimum Gasteiger partial charge on any atom is -0.493 e. The van der Waals surface area contributed by atoms with E-state index in [1.807, 2.05) is 30.0 Å². The fraction of sp³-hybridized carbons (Fsp3) is 0.409. The van der Waals surface area contributed by atoms with Crippen LogP contribution in [0.1, 0.15) is 23.6 Å². The van der Waals surface area contributed by atoms with Gasteiger partial charge in [-0.25, -0.2) is 0 Å². The Labute approximate surface area is 160 Å². The number of nitrogens with zero attached hydrogens (tertiary/aromatic N) is 2. The molecule has 0 aromatic heterocycles. The molecule has 27 heavy (non-hydrogen) atoms. The van der Waals surface area contributed by atoms with E-state index in [4.69, 9.17) is 9.47 Å². The summed E-state index contributed by atoms with van der Waals surface area (Å²) < 4.78 is 10.9. The van der Waals surface area contributed by atoms with Crippen molar-refractivity contribution in [2.24, 2.45) is 0 Å². The Morgan fingerprint density at radius 2 is 1.63 bits per heavy atom. The molecule has 1 amide bonds. The highest BCUT2D eigenvalue weighted by molar-refractivity contribution is 5.98. The Balaban J connectivity index is 1.53. The van der Waals surface area contributed by atoms with E-state index in [-0.39, 0.29) is 11.9 Å². The highest BCUT2D eigenvalue weighted by Gasteiger charge is 2.32. The lowest BCUT2D eigenvalue weighted by molar-refractivity contribution is -0.123. The summed E-state index contributed by atoms with van der Waals surface area (Å²) in [6, 6.07) is 12.2. The van der Waals surface area contributed by atoms with Crippen LogP contribution in [0.5, 0.6) is 11.5 Å². The fourth-order valence-electron chi connectivity index (χ4n) is 4.18. The maximum absolute atomic E-state index is 13.2. The van der Waals surface area contributed by atoms with E-state index in [2.05, 4.69) is 23.1 Å². The number of hydrogen-bond acceptors (Lipinski definition) is 4. The van der Waals surface area contributed by atoms with Gasteiger partial charge in [-0.3, -0.25) is 9.69 Å². The average molecular weight is 366 g/mol. The van der Waals surface area contributed by atoms with Crippen LogP contribution in [0.3, 0.4) is 0 Å². The number of amides is 1. The number of ether oxygens (including phenoxy) is 2. The zero-order valence-electron chi connectivity index (χ0n) is 16.2. The lowest BCUT2D eigenvalue weighted by Crippen LogP contribution is -2.48. The van der Waals surface area contributed by atoms with Gasteiger partial charge in [0.1, 0.15) is 0 Å². The predicted octanol–water partition coefficient (Wildman–Crippen LogP) is 3.04. The van der Waals surface area contributed by atoms with Gasteiger partial charge in [-0.2, -0.15) is 0 Å². The SMILES string of the molecule is COc1cc2c(cc1OC)CN([C@@H](C)C(=O)N1CCc3ccccc31)CC2. The van der Waals surface area contributed by atoms with Crippen molar-refractivity contribution >= 4 is 11.6 Å². The average Bonchev–Trinajstić information content (AvgIpc) is 3.15. The first-order valence-electron chi connectivity index (χ1n) is 9.49. The van der Waals surface area contributed by atoms with E-state index in [0.717, 1.165) is 49.7 Å². The van der Waals surface area contributed by atoms with Crippen molar-refractivity contribution in [2.45, 2.75) is 32.4 Å². The van der Waals surface area contributed by atoms with E-state index in [1.165, 1.54) is 16.7 Å². The van der Waals surface area contributed by atoms with Crippen molar-refractivity contribution in [1.82, 2.24) is 4.90 Å². The van der Waals surface area contributed by atoms with Crippen molar-refractivity contribution in [3.63, 3.8) is 0 Å². The molecule has 5 nitrogen and oxygen atoms in total. The van der Waals surface area contributed by atoms with Crippen LogP contribution in [-0.2, 0) is 24.2 Å². The van der Waals surface area contributed by atoms with Gasteiger partial charge in [0.2, 0.25) is 5.91 Å². The highest BCUT2D eigenvalue weighted by atomic mass is 16.5. The minimum absolute atomic E-state index is 0.155. The van der Waals surface area contributed by atoms with E-state index in [1.54, 1.807) is 14.2 Å². The Kier molecular flexibility index (Phi) is 4.79. The molecule has 2 aliphatic heterocycles. The van der Waals surface area contributed by atoms with E-state index < -0.39 is 0 Å². The molecule has 0 bridgehead atoms. The van der Waals surface area contributed by atoms with Gasteiger partial charge in [-0.05, 0) is 54.7 Å². The van der Waals surface area contributed by atoms with Gasteiger partial charge in [-0.15, -0.1) is 0 Å². The second kappa shape index (κ2) is 7.24. The van der Waals surface area contributed by atoms with Crippen molar-refractivity contribution in [3.05, 3.63) is 53.1 Å². The number of para-hydroxylation sites is 1. The quantitative estimate of drug-likeness (QED) is 0.834. The van der Waals surface area contributed by atoms with E-state index in [9.17, 15) is 4.79 Å². The van der Waals surface area contributed by atoms with E-state index in [0.29, 0.717) is 0 Å². The van der Waals surface area contributed by atoms with Crippen LogP contribution < -0.4 is 14.4 Å². The first-order chi connectivity index (χ1) is 13.1.